The van der Waals surface area contributed by atoms with Gasteiger partial charge in [0.2, 0.25) is 0 Å². The quantitative estimate of drug-likeness (QED) is 0.656. The lowest BCUT2D eigenvalue weighted by Gasteiger charge is -2.21. The van der Waals surface area contributed by atoms with E-state index in [1.807, 2.05) is 12.1 Å². The molecular formula is C22H25FN4O2S. The topological polar surface area (TPSA) is 67.2 Å². The van der Waals surface area contributed by atoms with Crippen molar-refractivity contribution in [2.45, 2.75) is 30.5 Å². The molecule has 1 aromatic heterocycles. The summed E-state index contributed by atoms with van der Waals surface area (Å²) < 4.78 is 42.8. The molecule has 0 bridgehead atoms. The van der Waals surface area contributed by atoms with Crippen LogP contribution in [0.5, 0.6) is 0 Å². The summed E-state index contributed by atoms with van der Waals surface area (Å²) in [5.74, 6) is -0.396. The van der Waals surface area contributed by atoms with Gasteiger partial charge in [0.15, 0.2) is 5.03 Å². The highest BCUT2D eigenvalue weighted by molar-refractivity contribution is 7.89. The van der Waals surface area contributed by atoms with Gasteiger partial charge >= 0.3 is 0 Å². The Kier molecular flexibility index (Phi) is 5.73. The smallest absolute Gasteiger partial charge is 0.262 e. The van der Waals surface area contributed by atoms with Gasteiger partial charge in [-0.25, -0.2) is 17.8 Å². The summed E-state index contributed by atoms with van der Waals surface area (Å²) in [5.41, 5.74) is 3.26. The summed E-state index contributed by atoms with van der Waals surface area (Å²) in [6, 6.07) is 14.3. The van der Waals surface area contributed by atoms with Gasteiger partial charge < -0.3 is 9.88 Å². The van der Waals surface area contributed by atoms with Crippen LogP contribution in [-0.2, 0) is 23.6 Å². The molecule has 1 aliphatic rings. The second-order valence-corrected chi connectivity index (χ2v) is 9.66. The third-order valence-electron chi connectivity index (χ3n) is 5.69. The number of imidazole rings is 1. The minimum absolute atomic E-state index is 0.0439. The van der Waals surface area contributed by atoms with Crippen molar-refractivity contribution < 1.29 is 12.8 Å². The summed E-state index contributed by atoms with van der Waals surface area (Å²) in [5, 5.41) is 3.58. The zero-order valence-electron chi connectivity index (χ0n) is 17.0. The second kappa shape index (κ2) is 8.29. The van der Waals surface area contributed by atoms with Crippen molar-refractivity contribution in [3.05, 3.63) is 83.6 Å². The fraction of sp³-hybridized carbons (Fsp3) is 0.318. The van der Waals surface area contributed by atoms with Crippen LogP contribution in [0.4, 0.5) is 4.39 Å². The highest BCUT2D eigenvalue weighted by atomic mass is 32.2. The molecule has 0 unspecified atom stereocenters. The van der Waals surface area contributed by atoms with Crippen LogP contribution in [0.25, 0.3) is 0 Å². The SMILES string of the molecule is Cc1ccccc1CN[C@H]1CN(S(=O)(=O)c2cn(C)cn2)C[C@@H]1c1ccc(F)cc1. The van der Waals surface area contributed by atoms with Gasteiger partial charge in [0.1, 0.15) is 5.82 Å². The maximum atomic E-state index is 13.4. The maximum absolute atomic E-state index is 13.4. The summed E-state index contributed by atoms with van der Waals surface area (Å²) in [6.07, 6.45) is 2.99. The van der Waals surface area contributed by atoms with Gasteiger partial charge in [-0.05, 0) is 35.7 Å². The molecule has 0 radical (unpaired) electrons. The van der Waals surface area contributed by atoms with Crippen molar-refractivity contribution >= 4 is 10.0 Å². The minimum atomic E-state index is -3.70. The molecule has 158 valence electrons. The summed E-state index contributed by atoms with van der Waals surface area (Å²) in [7, 11) is -1.96. The Hall–Kier alpha value is -2.55. The average Bonchev–Trinajstić information content (AvgIpc) is 3.35. The van der Waals surface area contributed by atoms with Crippen molar-refractivity contribution in [2.75, 3.05) is 13.1 Å². The first-order valence-corrected chi connectivity index (χ1v) is 11.3. The van der Waals surface area contributed by atoms with E-state index in [2.05, 4.69) is 29.4 Å². The third-order valence-corrected chi connectivity index (χ3v) is 7.40. The van der Waals surface area contributed by atoms with Gasteiger partial charge in [0, 0.05) is 44.8 Å². The van der Waals surface area contributed by atoms with E-state index in [0.717, 1.165) is 5.56 Å². The fourth-order valence-corrected chi connectivity index (χ4v) is 5.38. The molecule has 0 spiro atoms. The standard InChI is InChI=1S/C22H25FN4O2S/c1-16-5-3-4-6-18(16)11-24-21-13-27(30(28,29)22-14-26(2)15-25-22)12-20(21)17-7-9-19(23)10-8-17/h3-10,14-15,20-21,24H,11-13H2,1-2H3/t20-,21+/m1/s1. The largest absolute Gasteiger partial charge is 0.339 e. The Bertz CT molecular complexity index is 1130. The molecule has 1 saturated heterocycles. The Morgan fingerprint density at radius 1 is 1.13 bits per heavy atom. The van der Waals surface area contributed by atoms with Crippen LogP contribution in [-0.4, -0.2) is 41.4 Å². The molecular weight excluding hydrogens is 403 g/mol. The Morgan fingerprint density at radius 3 is 2.53 bits per heavy atom. The van der Waals surface area contributed by atoms with Crippen LogP contribution >= 0.6 is 0 Å². The molecule has 30 heavy (non-hydrogen) atoms. The molecule has 6 nitrogen and oxygen atoms in total. The molecule has 0 saturated carbocycles. The van der Waals surface area contributed by atoms with Crippen LogP contribution in [0.2, 0.25) is 0 Å². The number of aryl methyl sites for hydroxylation is 2. The predicted octanol–water partition coefficient (Wildman–Crippen LogP) is 2.81. The van der Waals surface area contributed by atoms with E-state index in [1.54, 1.807) is 23.7 Å². The van der Waals surface area contributed by atoms with Crippen LogP contribution in [0.3, 0.4) is 0 Å². The van der Waals surface area contributed by atoms with Crippen molar-refractivity contribution in [3.8, 4) is 0 Å². The number of hydrogen-bond acceptors (Lipinski definition) is 4. The number of rotatable bonds is 6. The lowest BCUT2D eigenvalue weighted by molar-refractivity contribution is 0.454. The van der Waals surface area contributed by atoms with Crippen molar-refractivity contribution in [2.24, 2.45) is 7.05 Å². The van der Waals surface area contributed by atoms with E-state index >= 15 is 0 Å². The van der Waals surface area contributed by atoms with Crippen LogP contribution in [0, 0.1) is 12.7 Å². The first-order chi connectivity index (χ1) is 14.3. The Labute approximate surface area is 176 Å². The summed E-state index contributed by atoms with van der Waals surface area (Å²) >= 11 is 0. The van der Waals surface area contributed by atoms with Crippen molar-refractivity contribution in [1.29, 1.82) is 0 Å². The first-order valence-electron chi connectivity index (χ1n) is 9.86. The zero-order chi connectivity index (χ0) is 21.3. The predicted molar refractivity (Wildman–Crippen MR) is 113 cm³/mol. The molecule has 1 aliphatic heterocycles. The minimum Gasteiger partial charge on any atom is -0.339 e. The van der Waals surface area contributed by atoms with Gasteiger partial charge in [-0.1, -0.05) is 36.4 Å². The molecule has 2 atom stereocenters. The highest BCUT2D eigenvalue weighted by Crippen LogP contribution is 2.31. The molecule has 0 amide bonds. The van der Waals surface area contributed by atoms with E-state index in [1.165, 1.54) is 40.1 Å². The summed E-state index contributed by atoms with van der Waals surface area (Å²) in [6.45, 7) is 3.33. The maximum Gasteiger partial charge on any atom is 0.262 e. The van der Waals surface area contributed by atoms with E-state index < -0.39 is 10.0 Å². The zero-order valence-corrected chi connectivity index (χ0v) is 17.8. The van der Waals surface area contributed by atoms with Gasteiger partial charge in [-0.2, -0.15) is 4.31 Å². The van der Waals surface area contributed by atoms with Gasteiger partial charge in [-0.15, -0.1) is 0 Å². The molecule has 1 N–H and O–H groups in total. The van der Waals surface area contributed by atoms with Crippen LogP contribution < -0.4 is 5.32 Å². The fourth-order valence-electron chi connectivity index (χ4n) is 3.92. The lowest BCUT2D eigenvalue weighted by Crippen LogP contribution is -2.36. The molecule has 2 heterocycles. The van der Waals surface area contributed by atoms with E-state index in [0.29, 0.717) is 19.6 Å². The molecule has 4 rings (SSSR count). The van der Waals surface area contributed by atoms with Gasteiger partial charge in [0.05, 0.1) is 6.33 Å². The Balaban J connectivity index is 1.60. The number of halogens is 1. The third kappa shape index (κ3) is 4.16. The average molecular weight is 429 g/mol. The summed E-state index contributed by atoms with van der Waals surface area (Å²) in [4.78, 5) is 4.03. The number of aromatic nitrogens is 2. The lowest BCUT2D eigenvalue weighted by atomic mass is 9.94. The molecule has 3 aromatic rings. The van der Waals surface area contributed by atoms with Crippen molar-refractivity contribution in [1.82, 2.24) is 19.2 Å². The van der Waals surface area contributed by atoms with E-state index in [4.69, 9.17) is 0 Å². The second-order valence-electron chi connectivity index (χ2n) is 7.77. The van der Waals surface area contributed by atoms with Crippen LogP contribution in [0.15, 0.2) is 66.1 Å². The van der Waals surface area contributed by atoms with E-state index in [9.17, 15) is 12.8 Å². The normalized spacial score (nSPS) is 20.0. The number of benzene rings is 2. The number of nitrogens with one attached hydrogen (secondary N) is 1. The Morgan fingerprint density at radius 2 is 1.87 bits per heavy atom. The van der Waals surface area contributed by atoms with E-state index in [-0.39, 0.29) is 22.8 Å². The molecule has 2 aromatic carbocycles. The molecule has 0 aliphatic carbocycles. The highest BCUT2D eigenvalue weighted by Gasteiger charge is 2.40. The monoisotopic (exact) mass is 428 g/mol. The van der Waals surface area contributed by atoms with Crippen LogP contribution in [0.1, 0.15) is 22.6 Å². The molecule has 8 heteroatoms. The molecule has 1 fully saturated rings. The number of hydrogen-bond donors (Lipinski definition) is 1. The number of nitrogens with zero attached hydrogens (tertiary/aromatic N) is 3. The van der Waals surface area contributed by atoms with Gasteiger partial charge in [-0.3, -0.25) is 0 Å². The number of sulfonamides is 1. The first kappa shape index (κ1) is 20.7. The van der Waals surface area contributed by atoms with Crippen molar-refractivity contribution in [3.63, 3.8) is 0 Å². The van der Waals surface area contributed by atoms with Gasteiger partial charge in [0.25, 0.3) is 10.0 Å².